The lowest BCUT2D eigenvalue weighted by molar-refractivity contribution is 0.102. The molecule has 0 unspecified atom stereocenters. The van der Waals surface area contributed by atoms with E-state index in [-0.39, 0.29) is 5.56 Å². The largest absolute Gasteiger partial charge is 0.497 e. The predicted molar refractivity (Wildman–Crippen MR) is 90.5 cm³/mol. The van der Waals surface area contributed by atoms with Crippen molar-refractivity contribution < 1.29 is 9.53 Å². The van der Waals surface area contributed by atoms with Crippen molar-refractivity contribution in [2.24, 2.45) is 0 Å². The van der Waals surface area contributed by atoms with Gasteiger partial charge >= 0.3 is 0 Å². The van der Waals surface area contributed by atoms with Crippen LogP contribution in [0.25, 0.3) is 10.9 Å². The maximum atomic E-state index is 12.4. The molecular formula is C17H13ClN2O3. The molecule has 0 radical (unpaired) electrons. The third kappa shape index (κ3) is 3.19. The van der Waals surface area contributed by atoms with Gasteiger partial charge in [0.2, 0.25) is 0 Å². The summed E-state index contributed by atoms with van der Waals surface area (Å²) in [7, 11) is 1.54. The van der Waals surface area contributed by atoms with Crippen molar-refractivity contribution in [3.8, 4) is 5.75 Å². The molecule has 0 bridgehead atoms. The number of carbonyl (C=O) groups excluding carboxylic acids is 1. The van der Waals surface area contributed by atoms with E-state index in [9.17, 15) is 9.59 Å². The Labute approximate surface area is 136 Å². The van der Waals surface area contributed by atoms with Gasteiger partial charge in [-0.1, -0.05) is 17.7 Å². The molecule has 23 heavy (non-hydrogen) atoms. The van der Waals surface area contributed by atoms with Crippen LogP contribution in [0.2, 0.25) is 5.02 Å². The Morgan fingerprint density at radius 3 is 2.78 bits per heavy atom. The summed E-state index contributed by atoms with van der Waals surface area (Å²) in [5, 5.41) is 3.90. The minimum Gasteiger partial charge on any atom is -0.497 e. The minimum absolute atomic E-state index is 0.0163. The normalized spacial score (nSPS) is 10.5. The summed E-state index contributed by atoms with van der Waals surface area (Å²) in [5.41, 5.74) is 0.722. The average Bonchev–Trinajstić information content (AvgIpc) is 2.54. The number of amides is 1. The first kappa shape index (κ1) is 15.1. The molecule has 0 saturated heterocycles. The second-order valence-corrected chi connectivity index (χ2v) is 5.37. The molecule has 6 heteroatoms. The zero-order chi connectivity index (χ0) is 16.4. The van der Waals surface area contributed by atoms with Crippen LogP contribution in [0.4, 0.5) is 5.69 Å². The molecule has 2 aromatic carbocycles. The Bertz CT molecular complexity index is 950. The van der Waals surface area contributed by atoms with E-state index in [0.29, 0.717) is 27.4 Å². The number of H-pyrrole nitrogens is 1. The van der Waals surface area contributed by atoms with E-state index in [4.69, 9.17) is 16.3 Å². The highest BCUT2D eigenvalue weighted by Crippen LogP contribution is 2.19. The summed E-state index contributed by atoms with van der Waals surface area (Å²) in [4.78, 5) is 27.1. The van der Waals surface area contributed by atoms with E-state index in [1.165, 1.54) is 6.07 Å². The van der Waals surface area contributed by atoms with Gasteiger partial charge in [-0.25, -0.2) is 0 Å². The first-order chi connectivity index (χ1) is 11.1. The summed E-state index contributed by atoms with van der Waals surface area (Å²) < 4.78 is 5.10. The third-order valence-electron chi connectivity index (χ3n) is 3.38. The number of hydrogen-bond donors (Lipinski definition) is 2. The Kier molecular flexibility index (Phi) is 4.04. The number of halogens is 1. The molecule has 1 heterocycles. The Balaban J connectivity index is 1.96. The number of benzene rings is 2. The van der Waals surface area contributed by atoms with Gasteiger partial charge in [-0.15, -0.1) is 0 Å². The standard InChI is InChI=1S/C17H13ClN2O3/c1-23-13-4-2-3-12(9-13)19-16(21)14-8-10-7-11(18)5-6-15(10)20-17(14)22/h2-9H,1H3,(H,19,21)(H,20,22). The first-order valence-electron chi connectivity index (χ1n) is 6.85. The van der Waals surface area contributed by atoms with Crippen LogP contribution in [0.3, 0.4) is 0 Å². The van der Waals surface area contributed by atoms with E-state index in [1.54, 1.807) is 49.6 Å². The van der Waals surface area contributed by atoms with Gasteiger partial charge in [0.05, 0.1) is 7.11 Å². The van der Waals surface area contributed by atoms with Crippen LogP contribution in [0.5, 0.6) is 5.75 Å². The molecule has 0 fully saturated rings. The first-order valence-corrected chi connectivity index (χ1v) is 7.22. The number of aromatic amines is 1. The topological polar surface area (TPSA) is 71.2 Å². The number of methoxy groups -OCH3 is 1. The van der Waals surface area contributed by atoms with Crippen LogP contribution in [-0.2, 0) is 0 Å². The van der Waals surface area contributed by atoms with Crippen LogP contribution >= 0.6 is 11.6 Å². The van der Waals surface area contributed by atoms with Crippen molar-refractivity contribution in [2.45, 2.75) is 0 Å². The van der Waals surface area contributed by atoms with E-state index < -0.39 is 11.5 Å². The summed E-state index contributed by atoms with van der Waals surface area (Å²) in [6, 6.07) is 13.5. The number of carbonyl (C=O) groups is 1. The van der Waals surface area contributed by atoms with Gasteiger partial charge in [0, 0.05) is 27.7 Å². The van der Waals surface area contributed by atoms with Gasteiger partial charge in [-0.2, -0.15) is 0 Å². The second-order valence-electron chi connectivity index (χ2n) is 4.93. The van der Waals surface area contributed by atoms with Gasteiger partial charge in [0.1, 0.15) is 11.3 Å². The number of pyridine rings is 1. The van der Waals surface area contributed by atoms with E-state index >= 15 is 0 Å². The van der Waals surface area contributed by atoms with Crippen molar-refractivity contribution in [1.29, 1.82) is 0 Å². The lowest BCUT2D eigenvalue weighted by Gasteiger charge is -2.07. The van der Waals surface area contributed by atoms with Crippen LogP contribution in [-0.4, -0.2) is 18.0 Å². The van der Waals surface area contributed by atoms with Crippen LogP contribution < -0.4 is 15.6 Å². The Hall–Kier alpha value is -2.79. The van der Waals surface area contributed by atoms with Crippen LogP contribution in [0.15, 0.2) is 53.3 Å². The molecule has 0 atom stereocenters. The molecule has 0 aliphatic rings. The van der Waals surface area contributed by atoms with Crippen molar-refractivity contribution in [2.75, 3.05) is 12.4 Å². The van der Waals surface area contributed by atoms with Crippen LogP contribution in [0.1, 0.15) is 10.4 Å². The summed E-state index contributed by atoms with van der Waals surface area (Å²) in [6.45, 7) is 0. The minimum atomic E-state index is -0.499. The molecule has 0 saturated carbocycles. The highest BCUT2D eigenvalue weighted by Gasteiger charge is 2.12. The lowest BCUT2D eigenvalue weighted by Crippen LogP contribution is -2.23. The highest BCUT2D eigenvalue weighted by atomic mass is 35.5. The fraction of sp³-hybridized carbons (Fsp3) is 0.0588. The molecule has 0 aliphatic carbocycles. The van der Waals surface area contributed by atoms with Gasteiger partial charge < -0.3 is 15.0 Å². The van der Waals surface area contributed by atoms with E-state index in [0.717, 1.165) is 0 Å². The molecule has 1 amide bonds. The van der Waals surface area contributed by atoms with Crippen LogP contribution in [0, 0.1) is 0 Å². The van der Waals surface area contributed by atoms with Crippen molar-refractivity contribution in [1.82, 2.24) is 4.98 Å². The summed E-state index contributed by atoms with van der Waals surface area (Å²) in [6.07, 6.45) is 0. The highest BCUT2D eigenvalue weighted by molar-refractivity contribution is 6.31. The number of ether oxygens (including phenoxy) is 1. The number of nitrogens with one attached hydrogen (secondary N) is 2. The number of fused-ring (bicyclic) bond motifs is 1. The number of aromatic nitrogens is 1. The lowest BCUT2D eigenvalue weighted by atomic mass is 10.1. The molecular weight excluding hydrogens is 316 g/mol. The smallest absolute Gasteiger partial charge is 0.261 e. The number of anilines is 1. The molecule has 3 rings (SSSR count). The van der Waals surface area contributed by atoms with Gasteiger partial charge in [0.15, 0.2) is 0 Å². The number of rotatable bonds is 3. The van der Waals surface area contributed by atoms with Crippen molar-refractivity contribution in [3.63, 3.8) is 0 Å². The van der Waals surface area contributed by atoms with Gasteiger partial charge in [0.25, 0.3) is 11.5 Å². The van der Waals surface area contributed by atoms with E-state index in [2.05, 4.69) is 10.3 Å². The predicted octanol–water partition coefficient (Wildman–Crippen LogP) is 3.44. The molecule has 0 aliphatic heterocycles. The zero-order valence-electron chi connectivity index (χ0n) is 12.2. The van der Waals surface area contributed by atoms with Gasteiger partial charge in [-0.05, 0) is 36.4 Å². The maximum Gasteiger partial charge on any atom is 0.261 e. The molecule has 0 spiro atoms. The fourth-order valence-corrected chi connectivity index (χ4v) is 2.43. The molecule has 3 aromatic rings. The van der Waals surface area contributed by atoms with Crippen molar-refractivity contribution in [3.05, 3.63) is 69.5 Å². The Morgan fingerprint density at radius 2 is 2.00 bits per heavy atom. The van der Waals surface area contributed by atoms with E-state index in [1.807, 2.05) is 0 Å². The average molecular weight is 329 g/mol. The zero-order valence-corrected chi connectivity index (χ0v) is 13.0. The molecule has 2 N–H and O–H groups in total. The summed E-state index contributed by atoms with van der Waals surface area (Å²) in [5.74, 6) is 0.114. The molecule has 5 nitrogen and oxygen atoms in total. The monoisotopic (exact) mass is 328 g/mol. The maximum absolute atomic E-state index is 12.4. The quantitative estimate of drug-likeness (QED) is 0.773. The van der Waals surface area contributed by atoms with Crippen molar-refractivity contribution >= 4 is 34.1 Å². The molecule has 116 valence electrons. The summed E-state index contributed by atoms with van der Waals surface area (Å²) >= 11 is 5.95. The Morgan fingerprint density at radius 1 is 1.17 bits per heavy atom. The number of hydrogen-bond acceptors (Lipinski definition) is 3. The molecule has 1 aromatic heterocycles. The van der Waals surface area contributed by atoms with Gasteiger partial charge in [-0.3, -0.25) is 9.59 Å². The SMILES string of the molecule is COc1cccc(NC(=O)c2cc3cc(Cl)ccc3[nH]c2=O)c1. The third-order valence-corrected chi connectivity index (χ3v) is 3.61. The second kappa shape index (κ2) is 6.14. The fourth-order valence-electron chi connectivity index (χ4n) is 2.25.